The number of halogens is 2. The van der Waals surface area contributed by atoms with E-state index in [4.69, 9.17) is 11.6 Å². The first kappa shape index (κ1) is 9.16. The predicted molar refractivity (Wildman–Crippen MR) is 54.6 cm³/mol. The molecule has 1 aromatic carbocycles. The molecule has 0 aliphatic rings. The maximum atomic E-state index is 13.0. The Morgan fingerprint density at radius 1 is 1.14 bits per heavy atom. The molecule has 0 saturated heterocycles. The highest BCUT2D eigenvalue weighted by atomic mass is 35.5. The topological polar surface area (TPSA) is 12.9 Å². The molecule has 0 saturated carbocycles. The Balaban J connectivity index is 2.52. The summed E-state index contributed by atoms with van der Waals surface area (Å²) in [5, 5.41) is 0.392. The fourth-order valence-electron chi connectivity index (χ4n) is 1.25. The fraction of sp³-hybridized carbons (Fsp3) is 0. The van der Waals surface area contributed by atoms with Crippen molar-refractivity contribution in [2.24, 2.45) is 0 Å². The predicted octanol–water partition coefficient (Wildman–Crippen LogP) is 3.54. The van der Waals surface area contributed by atoms with Crippen LogP contribution in [-0.2, 0) is 0 Å². The van der Waals surface area contributed by atoms with Crippen LogP contribution in [0.25, 0.3) is 11.1 Å². The summed E-state index contributed by atoms with van der Waals surface area (Å²) in [4.78, 5) is 3.95. The molecule has 0 amide bonds. The monoisotopic (exact) mass is 207 g/mol. The van der Waals surface area contributed by atoms with Crippen molar-refractivity contribution in [3.8, 4) is 11.1 Å². The first-order valence-electron chi connectivity index (χ1n) is 4.12. The lowest BCUT2D eigenvalue weighted by Crippen LogP contribution is -1.81. The van der Waals surface area contributed by atoms with Crippen LogP contribution in [0.5, 0.6) is 0 Å². The van der Waals surface area contributed by atoms with Crippen LogP contribution < -0.4 is 0 Å². The number of aromatic nitrogens is 1. The number of pyridine rings is 1. The second kappa shape index (κ2) is 3.76. The quantitative estimate of drug-likeness (QED) is 0.697. The third-order valence-electron chi connectivity index (χ3n) is 1.86. The van der Waals surface area contributed by atoms with Gasteiger partial charge in [-0.2, -0.15) is 0 Å². The molecule has 1 aromatic heterocycles. The van der Waals surface area contributed by atoms with Crippen LogP contribution in [0.2, 0.25) is 5.02 Å². The Morgan fingerprint density at radius 3 is 2.64 bits per heavy atom. The van der Waals surface area contributed by atoms with Crippen LogP contribution in [0.4, 0.5) is 4.39 Å². The van der Waals surface area contributed by atoms with E-state index in [-0.39, 0.29) is 5.82 Å². The van der Waals surface area contributed by atoms with Crippen LogP contribution in [0.15, 0.2) is 42.7 Å². The molecule has 0 aliphatic carbocycles. The van der Waals surface area contributed by atoms with Gasteiger partial charge in [-0.1, -0.05) is 17.7 Å². The van der Waals surface area contributed by atoms with Crippen molar-refractivity contribution in [1.82, 2.24) is 4.98 Å². The maximum Gasteiger partial charge on any atom is 0.125 e. The minimum absolute atomic E-state index is 0.337. The smallest absolute Gasteiger partial charge is 0.125 e. The molecule has 2 aromatic rings. The molecule has 0 spiro atoms. The molecule has 0 aliphatic heterocycles. The van der Waals surface area contributed by atoms with Gasteiger partial charge in [0.05, 0.1) is 0 Å². The number of rotatable bonds is 1. The minimum Gasteiger partial charge on any atom is -0.264 e. The molecule has 0 bridgehead atoms. The Hall–Kier alpha value is -1.41. The van der Waals surface area contributed by atoms with E-state index in [2.05, 4.69) is 4.98 Å². The molecule has 1 heterocycles. The van der Waals surface area contributed by atoms with E-state index in [0.717, 1.165) is 11.1 Å². The van der Waals surface area contributed by atoms with Crippen molar-refractivity contribution in [3.05, 3.63) is 53.6 Å². The summed E-state index contributed by atoms with van der Waals surface area (Å²) in [5.74, 6) is -0.337. The number of benzene rings is 1. The average Bonchev–Trinajstić information content (AvgIpc) is 2.18. The molecular weight excluding hydrogens is 201 g/mol. The van der Waals surface area contributed by atoms with E-state index in [1.165, 1.54) is 12.1 Å². The van der Waals surface area contributed by atoms with Crippen molar-refractivity contribution < 1.29 is 4.39 Å². The van der Waals surface area contributed by atoms with E-state index < -0.39 is 0 Å². The van der Waals surface area contributed by atoms with Crippen molar-refractivity contribution in [1.29, 1.82) is 0 Å². The molecule has 70 valence electrons. The Labute approximate surface area is 86.2 Å². The van der Waals surface area contributed by atoms with Crippen molar-refractivity contribution in [2.75, 3.05) is 0 Å². The molecule has 0 unspecified atom stereocenters. The zero-order chi connectivity index (χ0) is 9.97. The minimum atomic E-state index is -0.337. The SMILES string of the molecule is Fc1cc(Cl)cc(-c2cccnc2)c1. The van der Waals surface area contributed by atoms with E-state index in [9.17, 15) is 4.39 Å². The Bertz CT molecular complexity index is 422. The van der Waals surface area contributed by atoms with Gasteiger partial charge in [-0.15, -0.1) is 0 Å². The van der Waals surface area contributed by atoms with Gasteiger partial charge in [0.2, 0.25) is 0 Å². The largest absolute Gasteiger partial charge is 0.264 e. The van der Waals surface area contributed by atoms with E-state index >= 15 is 0 Å². The van der Waals surface area contributed by atoms with Crippen molar-refractivity contribution in [2.45, 2.75) is 0 Å². The van der Waals surface area contributed by atoms with Crippen LogP contribution in [-0.4, -0.2) is 4.98 Å². The fourth-order valence-corrected chi connectivity index (χ4v) is 1.48. The van der Waals surface area contributed by atoms with Crippen molar-refractivity contribution >= 4 is 11.6 Å². The van der Waals surface area contributed by atoms with Crippen LogP contribution in [0.1, 0.15) is 0 Å². The molecule has 0 N–H and O–H groups in total. The third-order valence-corrected chi connectivity index (χ3v) is 2.08. The highest BCUT2D eigenvalue weighted by Crippen LogP contribution is 2.23. The summed E-state index contributed by atoms with van der Waals surface area (Å²) in [6.45, 7) is 0. The second-order valence-electron chi connectivity index (χ2n) is 2.90. The van der Waals surface area contributed by atoms with Gasteiger partial charge in [0, 0.05) is 23.0 Å². The van der Waals surface area contributed by atoms with Crippen LogP contribution in [0.3, 0.4) is 0 Å². The van der Waals surface area contributed by atoms with E-state index in [1.807, 2.05) is 6.07 Å². The molecule has 3 heteroatoms. The molecule has 0 fully saturated rings. The van der Waals surface area contributed by atoms with Gasteiger partial charge in [0.15, 0.2) is 0 Å². The van der Waals surface area contributed by atoms with Crippen LogP contribution in [0, 0.1) is 5.82 Å². The standard InChI is InChI=1S/C11H7ClFN/c12-10-4-9(5-11(13)6-10)8-2-1-3-14-7-8/h1-7H. The Morgan fingerprint density at radius 2 is 2.00 bits per heavy atom. The first-order valence-corrected chi connectivity index (χ1v) is 4.50. The number of hydrogen-bond donors (Lipinski definition) is 0. The summed E-state index contributed by atoms with van der Waals surface area (Å²) in [5.41, 5.74) is 1.59. The average molecular weight is 208 g/mol. The zero-order valence-electron chi connectivity index (χ0n) is 7.24. The summed E-state index contributed by atoms with van der Waals surface area (Å²) >= 11 is 5.74. The lowest BCUT2D eigenvalue weighted by Gasteiger charge is -2.01. The Kier molecular flexibility index (Phi) is 2.46. The third kappa shape index (κ3) is 1.91. The lowest BCUT2D eigenvalue weighted by molar-refractivity contribution is 0.628. The zero-order valence-corrected chi connectivity index (χ0v) is 8.00. The molecule has 2 rings (SSSR count). The molecular formula is C11H7ClFN. The van der Waals surface area contributed by atoms with Gasteiger partial charge >= 0.3 is 0 Å². The first-order chi connectivity index (χ1) is 6.75. The molecule has 0 radical (unpaired) electrons. The van der Waals surface area contributed by atoms with Gasteiger partial charge < -0.3 is 0 Å². The highest BCUT2D eigenvalue weighted by molar-refractivity contribution is 6.30. The lowest BCUT2D eigenvalue weighted by atomic mass is 10.1. The van der Waals surface area contributed by atoms with Gasteiger partial charge in [0.1, 0.15) is 5.82 Å². The molecule has 0 atom stereocenters. The second-order valence-corrected chi connectivity index (χ2v) is 3.34. The molecule has 1 nitrogen and oxygen atoms in total. The normalized spacial score (nSPS) is 10.1. The van der Waals surface area contributed by atoms with Crippen molar-refractivity contribution in [3.63, 3.8) is 0 Å². The van der Waals surface area contributed by atoms with E-state index in [0.29, 0.717) is 5.02 Å². The van der Waals surface area contributed by atoms with E-state index in [1.54, 1.807) is 24.5 Å². The van der Waals surface area contributed by atoms with Crippen LogP contribution >= 0.6 is 11.6 Å². The van der Waals surface area contributed by atoms with Gasteiger partial charge in [-0.05, 0) is 29.8 Å². The summed E-state index contributed by atoms with van der Waals surface area (Å²) in [6, 6.07) is 8.08. The summed E-state index contributed by atoms with van der Waals surface area (Å²) < 4.78 is 13.0. The number of hydrogen-bond acceptors (Lipinski definition) is 1. The van der Waals surface area contributed by atoms with Gasteiger partial charge in [0.25, 0.3) is 0 Å². The maximum absolute atomic E-state index is 13.0. The van der Waals surface area contributed by atoms with Gasteiger partial charge in [-0.3, -0.25) is 4.98 Å². The van der Waals surface area contributed by atoms with Gasteiger partial charge in [-0.25, -0.2) is 4.39 Å². The summed E-state index contributed by atoms with van der Waals surface area (Å²) in [6.07, 6.45) is 3.34. The summed E-state index contributed by atoms with van der Waals surface area (Å²) in [7, 11) is 0. The molecule has 14 heavy (non-hydrogen) atoms. The highest BCUT2D eigenvalue weighted by Gasteiger charge is 2.01. The number of nitrogens with zero attached hydrogens (tertiary/aromatic N) is 1.